The first-order valence-corrected chi connectivity index (χ1v) is 13.1. The number of alkyl carbamates (subject to hydrolysis) is 1. The van der Waals surface area contributed by atoms with Gasteiger partial charge in [0.1, 0.15) is 23.4 Å². The van der Waals surface area contributed by atoms with Gasteiger partial charge in [0.15, 0.2) is 0 Å². The summed E-state index contributed by atoms with van der Waals surface area (Å²) < 4.78 is 5.35. The molecule has 0 aliphatic heterocycles. The van der Waals surface area contributed by atoms with E-state index >= 15 is 0 Å². The van der Waals surface area contributed by atoms with Crippen molar-refractivity contribution in [3.63, 3.8) is 0 Å². The van der Waals surface area contributed by atoms with Crippen LogP contribution in [-0.2, 0) is 19.1 Å². The smallest absolute Gasteiger partial charge is 0.408 e. The first-order valence-electron chi connectivity index (χ1n) is 13.1. The number of hydrogen-bond donors (Lipinski definition) is 4. The van der Waals surface area contributed by atoms with Crippen molar-refractivity contribution < 1.29 is 29.0 Å². The van der Waals surface area contributed by atoms with E-state index < -0.39 is 47.0 Å². The van der Waals surface area contributed by atoms with E-state index in [4.69, 9.17) is 10.5 Å². The van der Waals surface area contributed by atoms with E-state index in [1.54, 1.807) is 60.6 Å². The van der Waals surface area contributed by atoms with Crippen LogP contribution in [0.5, 0.6) is 5.75 Å². The summed E-state index contributed by atoms with van der Waals surface area (Å²) >= 11 is 0. The van der Waals surface area contributed by atoms with Gasteiger partial charge in [-0.25, -0.2) is 4.79 Å². The molecule has 0 spiro atoms. The highest BCUT2D eigenvalue weighted by molar-refractivity contribution is 5.93. The number of nitrogens with one attached hydrogen (secondary N) is 2. The molecular weight excluding hydrogens is 488 g/mol. The number of nitrogens with two attached hydrogens (primary N) is 1. The molecule has 1 rings (SSSR count). The Hall–Kier alpha value is -3.30. The van der Waals surface area contributed by atoms with Gasteiger partial charge in [0.25, 0.3) is 0 Å². The van der Waals surface area contributed by atoms with E-state index in [1.807, 2.05) is 13.8 Å². The second-order valence-electron chi connectivity index (χ2n) is 11.7. The lowest BCUT2D eigenvalue weighted by Gasteiger charge is -2.43. The van der Waals surface area contributed by atoms with E-state index in [-0.39, 0.29) is 24.6 Å². The summed E-state index contributed by atoms with van der Waals surface area (Å²) in [4.78, 5) is 53.6. The zero-order chi connectivity index (χ0) is 29.4. The van der Waals surface area contributed by atoms with Gasteiger partial charge in [-0.2, -0.15) is 0 Å². The summed E-state index contributed by atoms with van der Waals surface area (Å²) in [5, 5.41) is 15.7. The Kier molecular flexibility index (Phi) is 11.6. The third-order valence-corrected chi connectivity index (χ3v) is 5.78. The summed E-state index contributed by atoms with van der Waals surface area (Å²) in [7, 11) is 0. The number of phenolic OH excluding ortho intramolecular Hbond substituents is 1. The third-order valence-electron chi connectivity index (χ3n) is 5.78. The van der Waals surface area contributed by atoms with Gasteiger partial charge in [-0.15, -0.1) is 0 Å². The Morgan fingerprint density at radius 1 is 1.05 bits per heavy atom. The Morgan fingerprint density at radius 3 is 2.13 bits per heavy atom. The lowest BCUT2D eigenvalue weighted by molar-refractivity contribution is -0.149. The average Bonchev–Trinajstić information content (AvgIpc) is 2.74. The molecule has 10 heteroatoms. The molecule has 0 radical (unpaired) electrons. The summed E-state index contributed by atoms with van der Waals surface area (Å²) in [6, 6.07) is 2.33. The molecule has 214 valence electrons. The molecule has 0 saturated carbocycles. The van der Waals surface area contributed by atoms with Gasteiger partial charge < -0.3 is 31.1 Å². The Morgan fingerprint density at radius 2 is 1.66 bits per heavy atom. The topological polar surface area (TPSA) is 151 Å². The van der Waals surface area contributed by atoms with Crippen LogP contribution in [0.2, 0.25) is 0 Å². The quantitative estimate of drug-likeness (QED) is 0.339. The van der Waals surface area contributed by atoms with E-state index in [1.165, 1.54) is 11.0 Å². The summed E-state index contributed by atoms with van der Waals surface area (Å²) in [5.41, 5.74) is 4.69. The predicted octanol–water partition coefficient (Wildman–Crippen LogP) is 3.83. The molecule has 1 aromatic carbocycles. The van der Waals surface area contributed by atoms with Gasteiger partial charge in [-0.05, 0) is 91.5 Å². The maximum atomic E-state index is 14.2. The van der Waals surface area contributed by atoms with Crippen LogP contribution in [0.1, 0.15) is 98.2 Å². The van der Waals surface area contributed by atoms with Gasteiger partial charge in [-0.1, -0.05) is 19.4 Å². The molecule has 0 fully saturated rings. The van der Waals surface area contributed by atoms with E-state index in [0.29, 0.717) is 11.1 Å². The van der Waals surface area contributed by atoms with Crippen LogP contribution in [0.25, 0.3) is 0 Å². The number of carbonyl (C=O) groups is 4. The van der Waals surface area contributed by atoms with Crippen LogP contribution in [0.3, 0.4) is 0 Å². The molecule has 0 aromatic heterocycles. The fourth-order valence-corrected chi connectivity index (χ4v) is 4.10. The number of hydrogen-bond acceptors (Lipinski definition) is 6. The van der Waals surface area contributed by atoms with Crippen molar-refractivity contribution in [2.24, 2.45) is 5.73 Å². The van der Waals surface area contributed by atoms with E-state index in [2.05, 4.69) is 10.6 Å². The zero-order valence-corrected chi connectivity index (χ0v) is 24.3. The van der Waals surface area contributed by atoms with Crippen LogP contribution in [0, 0.1) is 6.92 Å². The van der Waals surface area contributed by atoms with Crippen LogP contribution in [-0.4, -0.2) is 57.0 Å². The van der Waals surface area contributed by atoms with Crippen LogP contribution in [0.15, 0.2) is 18.2 Å². The second kappa shape index (κ2) is 13.5. The van der Waals surface area contributed by atoms with Crippen LogP contribution in [0.4, 0.5) is 4.79 Å². The molecule has 0 saturated heterocycles. The van der Waals surface area contributed by atoms with Crippen molar-refractivity contribution in [2.45, 2.75) is 117 Å². The number of benzene rings is 1. The fourth-order valence-electron chi connectivity index (χ4n) is 4.10. The minimum atomic E-state index is -1.18. The average molecular weight is 535 g/mol. The predicted molar refractivity (Wildman–Crippen MR) is 146 cm³/mol. The summed E-state index contributed by atoms with van der Waals surface area (Å²) in [5.74, 6) is -1.54. The van der Waals surface area contributed by atoms with Crippen molar-refractivity contribution >= 4 is 23.8 Å². The molecule has 0 aliphatic rings. The number of carbonyl (C=O) groups excluding carboxylic acids is 4. The van der Waals surface area contributed by atoms with Gasteiger partial charge in [0.2, 0.25) is 17.7 Å². The third kappa shape index (κ3) is 10.2. The van der Waals surface area contributed by atoms with Gasteiger partial charge in [0, 0.05) is 18.0 Å². The molecule has 0 aliphatic carbocycles. The van der Waals surface area contributed by atoms with E-state index in [9.17, 15) is 24.3 Å². The van der Waals surface area contributed by atoms with Gasteiger partial charge in [-0.3, -0.25) is 14.4 Å². The van der Waals surface area contributed by atoms with Gasteiger partial charge in [0.05, 0.1) is 0 Å². The summed E-state index contributed by atoms with van der Waals surface area (Å²) in [6.45, 7) is 16.0. The lowest BCUT2D eigenvalue weighted by Crippen LogP contribution is -2.59. The molecular formula is C28H46N4O6. The Balaban J connectivity index is 3.63. The molecule has 38 heavy (non-hydrogen) atoms. The normalized spacial score (nSPS) is 14.1. The minimum absolute atomic E-state index is 0.0619. The maximum absolute atomic E-state index is 14.2. The van der Waals surface area contributed by atoms with Crippen molar-refractivity contribution in [1.82, 2.24) is 15.5 Å². The zero-order valence-electron chi connectivity index (χ0n) is 24.3. The first kappa shape index (κ1) is 32.7. The molecule has 0 heterocycles. The van der Waals surface area contributed by atoms with Crippen LogP contribution >= 0.6 is 0 Å². The van der Waals surface area contributed by atoms with Crippen molar-refractivity contribution in [2.75, 3.05) is 0 Å². The summed E-state index contributed by atoms with van der Waals surface area (Å²) in [6.07, 6.45) is 0.550. The minimum Gasteiger partial charge on any atom is -0.508 e. The number of aryl methyl sites for hydroxylation is 1. The number of phenols is 1. The second-order valence-corrected chi connectivity index (χ2v) is 11.7. The number of primary amides is 1. The van der Waals surface area contributed by atoms with E-state index in [0.717, 1.165) is 12.8 Å². The number of aromatic hydroxyl groups is 1. The first-order chi connectivity index (χ1) is 17.4. The molecule has 4 amide bonds. The Labute approximate surface area is 226 Å². The molecule has 1 aromatic rings. The molecule has 3 atom stereocenters. The number of rotatable bonds is 11. The van der Waals surface area contributed by atoms with Crippen molar-refractivity contribution in [1.29, 1.82) is 0 Å². The molecule has 3 unspecified atom stereocenters. The maximum Gasteiger partial charge on any atom is 0.408 e. The fraction of sp³-hybridized carbons (Fsp3) is 0.643. The largest absolute Gasteiger partial charge is 0.508 e. The highest BCUT2D eigenvalue weighted by Gasteiger charge is 2.42. The molecule has 0 bridgehead atoms. The number of nitrogens with zero attached hydrogens (tertiary/aromatic N) is 1. The number of ether oxygens (including phenoxy) is 1. The lowest BCUT2D eigenvalue weighted by atomic mass is 9.93. The highest BCUT2D eigenvalue weighted by Crippen LogP contribution is 2.32. The van der Waals surface area contributed by atoms with Crippen molar-refractivity contribution in [3.05, 3.63) is 29.3 Å². The van der Waals surface area contributed by atoms with Crippen molar-refractivity contribution in [3.8, 4) is 5.75 Å². The number of amides is 4. The Bertz CT molecular complexity index is 996. The van der Waals surface area contributed by atoms with Gasteiger partial charge >= 0.3 is 6.09 Å². The monoisotopic (exact) mass is 534 g/mol. The molecule has 5 N–H and O–H groups in total. The van der Waals surface area contributed by atoms with Crippen LogP contribution < -0.4 is 16.4 Å². The standard InChI is InChI=1S/C28H46N4O6/c1-10-11-18(3)30-24(35)23(19-12-14-21(33)17(2)16-19)32(27(4,5)6)25(36)20(13-15-22(29)34)31-26(37)38-28(7,8)9/h12,14,16,18,20,23,33H,10-11,13,15H2,1-9H3,(H2,29,34)(H,30,35)(H,31,37). The highest BCUT2D eigenvalue weighted by atomic mass is 16.6. The molecule has 10 nitrogen and oxygen atoms in total. The SMILES string of the molecule is CCCC(C)NC(=O)C(c1ccc(O)c(C)c1)N(C(=O)C(CCC(N)=O)NC(=O)OC(C)(C)C)C(C)(C)C.